The van der Waals surface area contributed by atoms with Gasteiger partial charge in [0.25, 0.3) is 10.2 Å². The molecular formula is C8H16N4O2S. The van der Waals surface area contributed by atoms with E-state index in [0.29, 0.717) is 12.2 Å². The normalized spacial score (nSPS) is 14.4. The largest absolute Gasteiger partial charge is 0.347 e. The van der Waals surface area contributed by atoms with E-state index in [2.05, 4.69) is 14.7 Å². The van der Waals surface area contributed by atoms with Crippen molar-refractivity contribution in [3.8, 4) is 0 Å². The molecule has 7 heteroatoms. The summed E-state index contributed by atoms with van der Waals surface area (Å²) < 4.78 is 26.8. The molecule has 6 nitrogen and oxygen atoms in total. The third-order valence-corrected chi connectivity index (χ3v) is 3.57. The highest BCUT2D eigenvalue weighted by molar-refractivity contribution is 7.87. The minimum Gasteiger partial charge on any atom is -0.347 e. The Bertz CT molecular complexity index is 385. The number of rotatable bonds is 5. The number of aromatic nitrogens is 2. The van der Waals surface area contributed by atoms with Gasteiger partial charge in [-0.2, -0.15) is 17.4 Å². The van der Waals surface area contributed by atoms with Crippen LogP contribution in [-0.4, -0.2) is 36.8 Å². The van der Waals surface area contributed by atoms with Crippen LogP contribution in [0.5, 0.6) is 0 Å². The Morgan fingerprint density at radius 2 is 2.27 bits per heavy atom. The van der Waals surface area contributed by atoms with Crippen LogP contribution in [0.15, 0.2) is 12.4 Å². The Hall–Kier alpha value is -0.920. The lowest BCUT2D eigenvalue weighted by Gasteiger charge is -2.18. The van der Waals surface area contributed by atoms with Gasteiger partial charge in [-0.05, 0) is 6.42 Å². The van der Waals surface area contributed by atoms with Gasteiger partial charge in [0.2, 0.25) is 0 Å². The van der Waals surface area contributed by atoms with Crippen molar-refractivity contribution < 1.29 is 8.42 Å². The molecule has 86 valence electrons. The van der Waals surface area contributed by atoms with Gasteiger partial charge in [-0.1, -0.05) is 6.92 Å². The molecule has 0 fully saturated rings. The van der Waals surface area contributed by atoms with Crippen LogP contribution in [-0.2, 0) is 10.2 Å². The molecule has 1 aromatic heterocycles. The van der Waals surface area contributed by atoms with Crippen LogP contribution < -0.4 is 4.72 Å². The molecule has 1 atom stereocenters. The number of imidazole rings is 1. The Balaban J connectivity index is 2.80. The zero-order valence-electron chi connectivity index (χ0n) is 9.06. The van der Waals surface area contributed by atoms with Crippen LogP contribution in [0.1, 0.15) is 25.2 Å². The van der Waals surface area contributed by atoms with E-state index < -0.39 is 10.2 Å². The van der Waals surface area contributed by atoms with Gasteiger partial charge in [-0.15, -0.1) is 0 Å². The zero-order valence-corrected chi connectivity index (χ0v) is 9.87. The maximum atomic E-state index is 11.6. The standard InChI is InChI=1S/C8H16N4O2S/c1-4-7(8-9-5-6-10-8)11-15(13,14)12(2)3/h5-7,11H,4H2,1-3H3,(H,9,10). The Kier molecular flexibility index (Phi) is 3.83. The number of H-pyrrole nitrogens is 1. The van der Waals surface area contributed by atoms with Gasteiger partial charge in [-0.25, -0.2) is 4.98 Å². The molecule has 0 aliphatic heterocycles. The summed E-state index contributed by atoms with van der Waals surface area (Å²) in [5.74, 6) is 0.628. The van der Waals surface area contributed by atoms with Gasteiger partial charge in [0.1, 0.15) is 5.82 Å². The highest BCUT2D eigenvalue weighted by Crippen LogP contribution is 2.13. The molecule has 0 saturated carbocycles. The van der Waals surface area contributed by atoms with Crippen LogP contribution in [0.3, 0.4) is 0 Å². The summed E-state index contributed by atoms with van der Waals surface area (Å²) in [5.41, 5.74) is 0. The Morgan fingerprint density at radius 1 is 1.60 bits per heavy atom. The van der Waals surface area contributed by atoms with Gasteiger partial charge < -0.3 is 4.98 Å². The van der Waals surface area contributed by atoms with E-state index in [1.807, 2.05) is 6.92 Å². The predicted molar refractivity (Wildman–Crippen MR) is 57.4 cm³/mol. The second-order valence-electron chi connectivity index (χ2n) is 3.34. The molecular weight excluding hydrogens is 216 g/mol. The van der Waals surface area contributed by atoms with E-state index in [-0.39, 0.29) is 6.04 Å². The van der Waals surface area contributed by atoms with Crippen molar-refractivity contribution in [3.63, 3.8) is 0 Å². The molecule has 1 unspecified atom stereocenters. The Morgan fingerprint density at radius 3 is 2.67 bits per heavy atom. The first-order valence-electron chi connectivity index (χ1n) is 4.66. The third kappa shape index (κ3) is 3.01. The lowest BCUT2D eigenvalue weighted by molar-refractivity contribution is 0.480. The molecule has 2 N–H and O–H groups in total. The molecule has 0 spiro atoms. The molecule has 0 radical (unpaired) electrons. The number of hydrogen-bond donors (Lipinski definition) is 2. The van der Waals surface area contributed by atoms with E-state index >= 15 is 0 Å². The summed E-state index contributed by atoms with van der Waals surface area (Å²) in [6.45, 7) is 1.89. The maximum Gasteiger partial charge on any atom is 0.279 e. The van der Waals surface area contributed by atoms with Crippen molar-refractivity contribution in [2.75, 3.05) is 14.1 Å². The zero-order chi connectivity index (χ0) is 11.5. The average Bonchev–Trinajstić information content (AvgIpc) is 2.66. The van der Waals surface area contributed by atoms with Gasteiger partial charge in [0.05, 0.1) is 6.04 Å². The highest BCUT2D eigenvalue weighted by atomic mass is 32.2. The first kappa shape index (κ1) is 12.2. The molecule has 1 aromatic rings. The van der Waals surface area contributed by atoms with Crippen molar-refractivity contribution in [2.45, 2.75) is 19.4 Å². The van der Waals surface area contributed by atoms with E-state index in [1.54, 1.807) is 12.4 Å². The van der Waals surface area contributed by atoms with E-state index in [9.17, 15) is 8.42 Å². The molecule has 1 heterocycles. The summed E-state index contributed by atoms with van der Waals surface area (Å²) >= 11 is 0. The maximum absolute atomic E-state index is 11.6. The number of nitrogens with zero attached hydrogens (tertiary/aromatic N) is 2. The van der Waals surface area contributed by atoms with Crippen LogP contribution in [0.25, 0.3) is 0 Å². The summed E-state index contributed by atoms with van der Waals surface area (Å²) in [5, 5.41) is 0. The summed E-state index contributed by atoms with van der Waals surface area (Å²) in [6.07, 6.45) is 3.91. The van der Waals surface area contributed by atoms with Crippen LogP contribution in [0.4, 0.5) is 0 Å². The van der Waals surface area contributed by atoms with E-state index in [0.717, 1.165) is 4.31 Å². The summed E-state index contributed by atoms with van der Waals surface area (Å²) in [4.78, 5) is 6.92. The van der Waals surface area contributed by atoms with Crippen molar-refractivity contribution >= 4 is 10.2 Å². The first-order valence-corrected chi connectivity index (χ1v) is 6.10. The van der Waals surface area contributed by atoms with Crippen molar-refractivity contribution in [2.24, 2.45) is 0 Å². The van der Waals surface area contributed by atoms with Gasteiger partial charge >= 0.3 is 0 Å². The fourth-order valence-electron chi connectivity index (χ4n) is 1.09. The molecule has 15 heavy (non-hydrogen) atoms. The summed E-state index contributed by atoms with van der Waals surface area (Å²) in [6, 6.07) is -0.313. The van der Waals surface area contributed by atoms with Crippen molar-refractivity contribution in [1.82, 2.24) is 19.0 Å². The minimum atomic E-state index is -3.41. The summed E-state index contributed by atoms with van der Waals surface area (Å²) in [7, 11) is -0.446. The smallest absolute Gasteiger partial charge is 0.279 e. The van der Waals surface area contributed by atoms with Gasteiger partial charge in [0, 0.05) is 26.5 Å². The van der Waals surface area contributed by atoms with Gasteiger partial charge in [0.15, 0.2) is 0 Å². The molecule has 0 aliphatic rings. The number of aromatic amines is 1. The van der Waals surface area contributed by atoms with E-state index in [1.165, 1.54) is 14.1 Å². The lowest BCUT2D eigenvalue weighted by atomic mass is 10.2. The van der Waals surface area contributed by atoms with Crippen molar-refractivity contribution in [3.05, 3.63) is 18.2 Å². The SMILES string of the molecule is CCC(NS(=O)(=O)N(C)C)c1ncc[nH]1. The lowest BCUT2D eigenvalue weighted by Crippen LogP contribution is -2.38. The molecule has 1 rings (SSSR count). The third-order valence-electron chi connectivity index (χ3n) is 2.03. The van der Waals surface area contributed by atoms with Crippen LogP contribution >= 0.6 is 0 Å². The predicted octanol–water partition coefficient (Wildman–Crippen LogP) is 0.257. The minimum absolute atomic E-state index is 0.313. The molecule has 0 bridgehead atoms. The fraction of sp³-hybridized carbons (Fsp3) is 0.625. The second kappa shape index (κ2) is 4.73. The van der Waals surface area contributed by atoms with Crippen LogP contribution in [0, 0.1) is 0 Å². The topological polar surface area (TPSA) is 78.1 Å². The van der Waals surface area contributed by atoms with Gasteiger partial charge in [-0.3, -0.25) is 0 Å². The monoisotopic (exact) mass is 232 g/mol. The molecule has 0 saturated heterocycles. The number of hydrogen-bond acceptors (Lipinski definition) is 3. The average molecular weight is 232 g/mol. The molecule has 0 aliphatic carbocycles. The highest BCUT2D eigenvalue weighted by Gasteiger charge is 2.21. The fourth-order valence-corrected chi connectivity index (χ4v) is 1.93. The van der Waals surface area contributed by atoms with Crippen molar-refractivity contribution in [1.29, 1.82) is 0 Å². The Labute approximate surface area is 89.9 Å². The van der Waals surface area contributed by atoms with Crippen LogP contribution in [0.2, 0.25) is 0 Å². The second-order valence-corrected chi connectivity index (χ2v) is 5.26. The van der Waals surface area contributed by atoms with E-state index in [4.69, 9.17) is 0 Å². The quantitative estimate of drug-likeness (QED) is 0.764. The molecule has 0 amide bonds. The first-order chi connectivity index (χ1) is 6.97. The molecule has 0 aromatic carbocycles. The number of nitrogens with one attached hydrogen (secondary N) is 2.